The summed E-state index contributed by atoms with van der Waals surface area (Å²) in [6, 6.07) is 7.85. The predicted octanol–water partition coefficient (Wildman–Crippen LogP) is 1.41. The normalized spacial score (nSPS) is 9.38. The number of thiocarbonyl (C=S) groups is 1. The highest BCUT2D eigenvalue weighted by Gasteiger charge is 2.02. The van der Waals surface area contributed by atoms with Gasteiger partial charge in [0, 0.05) is 14.1 Å². The van der Waals surface area contributed by atoms with Gasteiger partial charge in [-0.15, -0.1) is 0 Å². The number of benzene rings is 1. The molecule has 0 bridgehead atoms. The van der Waals surface area contributed by atoms with Gasteiger partial charge in [0.25, 0.3) is 0 Å². The predicted molar refractivity (Wildman–Crippen MR) is 61.2 cm³/mol. The lowest BCUT2D eigenvalue weighted by molar-refractivity contribution is 1.13. The third-order valence-corrected chi connectivity index (χ3v) is 1.75. The fraction of sp³-hybridized carbons (Fsp3) is 0.222. The van der Waals surface area contributed by atoms with Gasteiger partial charge in [-0.1, -0.05) is 12.1 Å². The fourth-order valence-corrected chi connectivity index (χ4v) is 1.21. The Balaban J connectivity index is 2.97. The molecule has 0 saturated carbocycles. The van der Waals surface area contributed by atoms with E-state index >= 15 is 0 Å². The van der Waals surface area contributed by atoms with Crippen LogP contribution in [0.1, 0.15) is 0 Å². The van der Waals surface area contributed by atoms with Crippen LogP contribution < -0.4 is 16.0 Å². The Morgan fingerprint density at radius 3 is 2.54 bits per heavy atom. The molecule has 4 heteroatoms. The van der Waals surface area contributed by atoms with E-state index in [1.807, 2.05) is 43.3 Å². The Hall–Kier alpha value is -1.29. The molecule has 3 nitrogen and oxygen atoms in total. The zero-order valence-electron chi connectivity index (χ0n) is 7.74. The highest BCUT2D eigenvalue weighted by Crippen LogP contribution is 2.22. The van der Waals surface area contributed by atoms with Crippen molar-refractivity contribution in [3.63, 3.8) is 0 Å². The molecule has 0 fully saturated rings. The molecule has 1 rings (SSSR count). The van der Waals surface area contributed by atoms with E-state index in [1.54, 1.807) is 0 Å². The maximum absolute atomic E-state index is 5.40. The first kappa shape index (κ1) is 9.80. The number of anilines is 2. The van der Waals surface area contributed by atoms with Crippen LogP contribution >= 0.6 is 12.2 Å². The van der Waals surface area contributed by atoms with E-state index < -0.39 is 0 Å². The van der Waals surface area contributed by atoms with Crippen LogP contribution in [0.25, 0.3) is 0 Å². The quantitative estimate of drug-likeness (QED) is 0.700. The third kappa shape index (κ3) is 2.59. The lowest BCUT2D eigenvalue weighted by Gasteiger charge is -2.17. The van der Waals surface area contributed by atoms with Gasteiger partial charge in [0.15, 0.2) is 5.11 Å². The smallest absolute Gasteiger partial charge is 0.168 e. The summed E-state index contributed by atoms with van der Waals surface area (Å²) < 4.78 is 0. The van der Waals surface area contributed by atoms with E-state index in [2.05, 4.69) is 5.32 Å². The molecule has 0 aliphatic heterocycles. The number of nitrogens with zero attached hydrogens (tertiary/aromatic N) is 1. The van der Waals surface area contributed by atoms with Crippen LogP contribution in [0.2, 0.25) is 0 Å². The van der Waals surface area contributed by atoms with E-state index in [0.717, 1.165) is 11.4 Å². The molecular formula is C9H13N3S. The van der Waals surface area contributed by atoms with Crippen molar-refractivity contribution < 1.29 is 0 Å². The molecule has 0 aliphatic rings. The molecule has 1 aromatic carbocycles. The number of nitrogens with two attached hydrogens (primary N) is 1. The van der Waals surface area contributed by atoms with Crippen molar-refractivity contribution >= 4 is 28.7 Å². The number of hydrogen-bond acceptors (Lipinski definition) is 2. The molecule has 1 aromatic rings. The Labute approximate surface area is 83.5 Å². The Bertz CT molecular complexity index is 309. The molecule has 0 radical (unpaired) electrons. The summed E-state index contributed by atoms with van der Waals surface area (Å²) in [5.41, 5.74) is 7.39. The Morgan fingerprint density at radius 1 is 1.38 bits per heavy atom. The van der Waals surface area contributed by atoms with Gasteiger partial charge >= 0.3 is 0 Å². The van der Waals surface area contributed by atoms with Crippen molar-refractivity contribution in [3.8, 4) is 0 Å². The zero-order chi connectivity index (χ0) is 9.84. The van der Waals surface area contributed by atoms with Crippen molar-refractivity contribution in [2.45, 2.75) is 0 Å². The van der Waals surface area contributed by atoms with Crippen molar-refractivity contribution in [1.29, 1.82) is 0 Å². The molecule has 0 spiro atoms. The van der Waals surface area contributed by atoms with Gasteiger partial charge in [0.2, 0.25) is 0 Å². The summed E-state index contributed by atoms with van der Waals surface area (Å²) in [7, 11) is 3.94. The largest absolute Gasteiger partial charge is 0.376 e. The molecule has 0 atom stereocenters. The maximum atomic E-state index is 5.40. The summed E-state index contributed by atoms with van der Waals surface area (Å²) >= 11 is 4.77. The Kier molecular flexibility index (Phi) is 3.08. The van der Waals surface area contributed by atoms with Gasteiger partial charge in [-0.3, -0.25) is 0 Å². The number of nitrogens with one attached hydrogen (secondary N) is 1. The molecule has 0 amide bonds. The van der Waals surface area contributed by atoms with Crippen LogP contribution in [-0.2, 0) is 0 Å². The lowest BCUT2D eigenvalue weighted by Crippen LogP contribution is -2.21. The molecule has 70 valence electrons. The number of rotatable bonds is 2. The average Bonchev–Trinajstić information content (AvgIpc) is 2.03. The minimum atomic E-state index is 0.286. The van der Waals surface area contributed by atoms with Crippen LogP contribution in [0.4, 0.5) is 11.4 Å². The first-order valence-electron chi connectivity index (χ1n) is 3.94. The number of para-hydroxylation sites is 2. The van der Waals surface area contributed by atoms with Gasteiger partial charge in [0.1, 0.15) is 0 Å². The van der Waals surface area contributed by atoms with Crippen LogP contribution in [0, 0.1) is 0 Å². The van der Waals surface area contributed by atoms with E-state index in [9.17, 15) is 0 Å². The van der Waals surface area contributed by atoms with Crippen LogP contribution in [0.15, 0.2) is 24.3 Å². The Morgan fingerprint density at radius 2 is 2.00 bits per heavy atom. The molecule has 13 heavy (non-hydrogen) atoms. The standard InChI is InChI=1S/C9H13N3S/c1-12(2)8-6-4-3-5-7(8)11-9(10)13/h3-6H,1-2H3,(H3,10,11,13). The summed E-state index contributed by atoms with van der Waals surface area (Å²) in [6.45, 7) is 0. The molecule has 0 aliphatic carbocycles. The van der Waals surface area contributed by atoms with Crippen molar-refractivity contribution in [2.24, 2.45) is 5.73 Å². The highest BCUT2D eigenvalue weighted by molar-refractivity contribution is 7.80. The second-order valence-electron chi connectivity index (χ2n) is 2.90. The second-order valence-corrected chi connectivity index (χ2v) is 3.34. The minimum Gasteiger partial charge on any atom is -0.376 e. The molecule has 3 N–H and O–H groups in total. The lowest BCUT2D eigenvalue weighted by atomic mass is 10.2. The van der Waals surface area contributed by atoms with Gasteiger partial charge < -0.3 is 16.0 Å². The van der Waals surface area contributed by atoms with E-state index in [-0.39, 0.29) is 5.11 Å². The van der Waals surface area contributed by atoms with Gasteiger partial charge in [0.05, 0.1) is 11.4 Å². The van der Waals surface area contributed by atoms with E-state index in [4.69, 9.17) is 18.0 Å². The third-order valence-electron chi connectivity index (χ3n) is 1.64. The summed E-state index contributed by atoms with van der Waals surface area (Å²) in [5.74, 6) is 0. The molecule has 0 heterocycles. The SMILES string of the molecule is CN(C)c1ccccc1NC(N)=S. The van der Waals surface area contributed by atoms with Crippen molar-refractivity contribution in [1.82, 2.24) is 0 Å². The average molecular weight is 195 g/mol. The van der Waals surface area contributed by atoms with Crippen LogP contribution in [0.3, 0.4) is 0 Å². The fourth-order valence-electron chi connectivity index (χ4n) is 1.10. The highest BCUT2D eigenvalue weighted by atomic mass is 32.1. The summed E-state index contributed by atoms with van der Waals surface area (Å²) in [6.07, 6.45) is 0. The minimum absolute atomic E-state index is 0.286. The molecule has 0 unspecified atom stereocenters. The van der Waals surface area contributed by atoms with Gasteiger partial charge in [-0.25, -0.2) is 0 Å². The summed E-state index contributed by atoms with van der Waals surface area (Å²) in [4.78, 5) is 2.00. The topological polar surface area (TPSA) is 41.3 Å². The van der Waals surface area contributed by atoms with Gasteiger partial charge in [-0.05, 0) is 24.4 Å². The van der Waals surface area contributed by atoms with Crippen molar-refractivity contribution in [2.75, 3.05) is 24.3 Å². The number of hydrogen-bond donors (Lipinski definition) is 2. The molecular weight excluding hydrogens is 182 g/mol. The first-order chi connectivity index (χ1) is 6.11. The van der Waals surface area contributed by atoms with Gasteiger partial charge in [-0.2, -0.15) is 0 Å². The second kappa shape index (κ2) is 4.09. The molecule has 0 aromatic heterocycles. The maximum Gasteiger partial charge on any atom is 0.168 e. The van der Waals surface area contributed by atoms with Crippen LogP contribution in [-0.4, -0.2) is 19.2 Å². The summed E-state index contributed by atoms with van der Waals surface area (Å²) in [5, 5.41) is 3.21. The van der Waals surface area contributed by atoms with E-state index in [1.165, 1.54) is 0 Å². The first-order valence-corrected chi connectivity index (χ1v) is 4.35. The zero-order valence-corrected chi connectivity index (χ0v) is 8.56. The van der Waals surface area contributed by atoms with Crippen LogP contribution in [0.5, 0.6) is 0 Å². The van der Waals surface area contributed by atoms with E-state index in [0.29, 0.717) is 0 Å². The van der Waals surface area contributed by atoms with Crippen molar-refractivity contribution in [3.05, 3.63) is 24.3 Å². The molecule has 0 saturated heterocycles. The monoisotopic (exact) mass is 195 g/mol.